The molecule has 6 aromatic heterocycles. The number of aromatic nitrogens is 10. The van der Waals surface area contributed by atoms with Gasteiger partial charge in [0.25, 0.3) is 0 Å². The first-order valence-electron chi connectivity index (χ1n) is 26.1. The number of likely N-dealkylation sites (tertiary alicyclic amines) is 2. The van der Waals surface area contributed by atoms with E-state index in [1.54, 1.807) is 36.7 Å². The second kappa shape index (κ2) is 22.1. The van der Waals surface area contributed by atoms with Crippen LogP contribution in [0.5, 0.6) is 11.5 Å². The molecule has 2 aromatic carbocycles. The summed E-state index contributed by atoms with van der Waals surface area (Å²) in [5.41, 5.74) is 7.69. The summed E-state index contributed by atoms with van der Waals surface area (Å²) in [5.74, 6) is 3.33. The number of aryl methyl sites for hydroxylation is 2. The largest absolute Gasteiger partial charge is 0.492 e. The Bertz CT molecular complexity index is 3390. The summed E-state index contributed by atoms with van der Waals surface area (Å²) < 4.78 is 74.1. The maximum atomic E-state index is 15.1. The molecule has 0 atom stereocenters. The molecule has 0 saturated carbocycles. The van der Waals surface area contributed by atoms with Crippen LogP contribution in [0, 0.1) is 35.1 Å². The highest BCUT2D eigenvalue weighted by atomic mass is 35.5. The molecule has 0 radical (unpaired) electrons. The highest BCUT2D eigenvalue weighted by Crippen LogP contribution is 2.40. The number of imidazole rings is 2. The van der Waals surface area contributed by atoms with Crippen LogP contribution in [0.2, 0.25) is 5.28 Å². The van der Waals surface area contributed by atoms with Crippen LogP contribution in [-0.4, -0.2) is 112 Å². The van der Waals surface area contributed by atoms with E-state index in [4.69, 9.17) is 26.8 Å². The van der Waals surface area contributed by atoms with E-state index in [0.717, 1.165) is 88.0 Å². The Morgan fingerprint density at radius 3 is 1.56 bits per heavy atom. The first kappa shape index (κ1) is 53.4. The number of rotatable bonds is 10. The molecule has 0 unspecified atom stereocenters. The quantitative estimate of drug-likeness (QED) is 0.0977. The van der Waals surface area contributed by atoms with Gasteiger partial charge in [-0.05, 0) is 178 Å². The zero-order valence-electron chi connectivity index (χ0n) is 44.1. The van der Waals surface area contributed by atoms with Gasteiger partial charge >= 0.3 is 0 Å². The zero-order chi connectivity index (χ0) is 54.2. The summed E-state index contributed by atoms with van der Waals surface area (Å²) in [6, 6.07) is 13.2. The fourth-order valence-corrected chi connectivity index (χ4v) is 10.7. The number of benzene rings is 2. The fraction of sp³-hybridized carbons (Fsp3) is 0.429. The number of ether oxygens (including phenoxy) is 2. The highest BCUT2D eigenvalue weighted by Gasteiger charge is 2.35. The fourth-order valence-electron chi connectivity index (χ4n) is 10.6. The van der Waals surface area contributed by atoms with Gasteiger partial charge in [0, 0.05) is 35.0 Å². The third-order valence-electron chi connectivity index (χ3n) is 15.1. The van der Waals surface area contributed by atoms with Crippen molar-refractivity contribution < 1.29 is 27.0 Å². The van der Waals surface area contributed by atoms with E-state index in [0.29, 0.717) is 69.0 Å². The Kier molecular flexibility index (Phi) is 15.3. The molecule has 8 aromatic rings. The summed E-state index contributed by atoms with van der Waals surface area (Å²) in [7, 11) is 4.31. The van der Waals surface area contributed by atoms with E-state index < -0.39 is 23.3 Å². The van der Waals surface area contributed by atoms with E-state index in [1.165, 1.54) is 38.1 Å². The number of piperidine rings is 2. The lowest BCUT2D eigenvalue weighted by molar-refractivity contribution is 0.160. The van der Waals surface area contributed by atoms with E-state index in [-0.39, 0.29) is 33.7 Å². The van der Waals surface area contributed by atoms with Crippen molar-refractivity contribution in [3.63, 3.8) is 0 Å². The number of nitrogens with one attached hydrogen (secondary N) is 1. The van der Waals surface area contributed by atoms with E-state index >= 15 is 4.39 Å². The number of fused-ring (bicyclic) bond motifs is 6. The van der Waals surface area contributed by atoms with Crippen molar-refractivity contribution in [1.29, 1.82) is 0 Å². The molecular formula is C56H63ClF4N14O2. The lowest BCUT2D eigenvalue weighted by Crippen LogP contribution is -2.32. The molecule has 0 amide bonds. The lowest BCUT2D eigenvalue weighted by atomic mass is 9.98. The van der Waals surface area contributed by atoms with Crippen molar-refractivity contribution in [2.24, 2.45) is 11.8 Å². The predicted molar refractivity (Wildman–Crippen MR) is 289 cm³/mol. The minimum Gasteiger partial charge on any atom is -0.492 e. The number of pyridine rings is 2. The van der Waals surface area contributed by atoms with Crippen molar-refractivity contribution in [3.8, 4) is 34.0 Å². The smallest absolute Gasteiger partial charge is 0.229 e. The Hall–Kier alpha value is -7.03. The van der Waals surface area contributed by atoms with Crippen molar-refractivity contribution >= 4 is 51.3 Å². The number of nitrogens with two attached hydrogens (primary N) is 1. The zero-order valence-corrected chi connectivity index (χ0v) is 44.9. The number of halogens is 5. The topological polar surface area (TPSA) is 176 Å². The van der Waals surface area contributed by atoms with Gasteiger partial charge in [0.2, 0.25) is 11.2 Å². The van der Waals surface area contributed by atoms with Gasteiger partial charge in [-0.1, -0.05) is 0 Å². The average molecular weight is 1080 g/mol. The van der Waals surface area contributed by atoms with Crippen LogP contribution in [0.4, 0.5) is 35.1 Å². The molecule has 21 heteroatoms. The first-order chi connectivity index (χ1) is 36.9. The second-order valence-corrected chi connectivity index (χ2v) is 22.1. The minimum atomic E-state index is -0.645. The van der Waals surface area contributed by atoms with Crippen molar-refractivity contribution in [1.82, 2.24) is 58.8 Å². The summed E-state index contributed by atoms with van der Waals surface area (Å²) in [6.07, 6.45) is 13.5. The molecule has 0 bridgehead atoms. The van der Waals surface area contributed by atoms with E-state index in [9.17, 15) is 13.2 Å². The Morgan fingerprint density at radius 1 is 0.597 bits per heavy atom. The van der Waals surface area contributed by atoms with Gasteiger partial charge < -0.3 is 39.5 Å². The Morgan fingerprint density at radius 2 is 1.08 bits per heavy atom. The van der Waals surface area contributed by atoms with Crippen molar-refractivity contribution in [2.45, 2.75) is 90.1 Å². The van der Waals surface area contributed by atoms with E-state index in [2.05, 4.69) is 96.8 Å². The third-order valence-corrected chi connectivity index (χ3v) is 15.3. The van der Waals surface area contributed by atoms with Gasteiger partial charge in [-0.25, -0.2) is 57.4 Å². The number of hydrogen-bond donors (Lipinski definition) is 2. The molecule has 0 spiro atoms. The molecule has 2 saturated heterocycles. The Balaban J connectivity index is 0.000000146. The Labute approximate surface area is 449 Å². The molecule has 3 N–H and O–H groups in total. The molecule has 4 aliphatic rings. The first-order valence-corrected chi connectivity index (χ1v) is 26.5. The SMILES string of the molecule is CC1(C)CCc2nc3c(F)cc(-c4nc(Cl)ncc4F)cc3n21.CN1CCC(COc2ccc(N)nc2)CC1.CN1CCC(COc2ccc(Nc3ncc(F)c(-c4cc(F)c5nc6n(c5c4)C(C)(C)CC6)n3)nc2)CC1. The number of nitrogens with zero attached hydrogens (tertiary/aromatic N) is 12. The molecule has 2 fully saturated rings. The maximum Gasteiger partial charge on any atom is 0.229 e. The maximum absolute atomic E-state index is 15.1. The van der Waals surface area contributed by atoms with Gasteiger partial charge in [0.15, 0.2) is 23.3 Å². The summed E-state index contributed by atoms with van der Waals surface area (Å²) >= 11 is 5.74. The number of hydrogen-bond acceptors (Lipinski definition) is 14. The van der Waals surface area contributed by atoms with Crippen LogP contribution >= 0.6 is 11.6 Å². The van der Waals surface area contributed by atoms with Gasteiger partial charge in [-0.3, -0.25) is 0 Å². The number of nitrogen functional groups attached to an aromatic ring is 1. The van der Waals surface area contributed by atoms with Gasteiger partial charge in [0.05, 0.1) is 49.0 Å². The van der Waals surface area contributed by atoms with Gasteiger partial charge in [-0.2, -0.15) is 0 Å². The van der Waals surface area contributed by atoms with Crippen LogP contribution in [0.15, 0.2) is 73.3 Å². The summed E-state index contributed by atoms with van der Waals surface area (Å²) in [4.78, 5) is 37.9. The lowest BCUT2D eigenvalue weighted by Gasteiger charge is -2.28. The molecular weight excluding hydrogens is 1010 g/mol. The monoisotopic (exact) mass is 1070 g/mol. The normalized spacial score (nSPS) is 17.3. The molecule has 10 heterocycles. The summed E-state index contributed by atoms with van der Waals surface area (Å²) in [5, 5.41) is 2.93. The average Bonchev–Trinajstić information content (AvgIpc) is 4.21. The van der Waals surface area contributed by atoms with Crippen LogP contribution in [0.3, 0.4) is 0 Å². The standard InChI is InChI=1S/C28H31F2N7O.C16H13ClF2N4.C12H19N3O/c1-28(2)9-6-24-34-26-20(29)12-18(13-22(26)37(24)28)25-21(30)15-32-27(35-25)33-23-5-4-19(14-31-23)38-16-17-7-10-36(3)11-8-17;1-16(2)4-3-12-21-14-9(18)5-8(6-11(14)23(12)16)13-10(19)7-20-15(17)22-13;1-15-6-4-10(5-7-15)9-16-11-2-3-12(13)14-8-11/h4-5,12-15,17H,6-11,16H2,1-3H3,(H,31,32,33,35);5-7H,3-4H2,1-2H3;2-3,8,10H,4-7,9H2,1H3,(H2,13,14). The molecule has 16 nitrogen and oxygen atoms in total. The van der Waals surface area contributed by atoms with Crippen LogP contribution < -0.4 is 20.5 Å². The minimum absolute atomic E-state index is 0.00716. The molecule has 77 heavy (non-hydrogen) atoms. The highest BCUT2D eigenvalue weighted by molar-refractivity contribution is 6.28. The van der Waals surface area contributed by atoms with Crippen molar-refractivity contribution in [3.05, 3.63) is 114 Å². The van der Waals surface area contributed by atoms with Crippen LogP contribution in [0.25, 0.3) is 44.6 Å². The molecule has 4 aliphatic heterocycles. The van der Waals surface area contributed by atoms with Crippen molar-refractivity contribution in [2.75, 3.05) is 64.5 Å². The molecule has 404 valence electrons. The molecule has 12 rings (SSSR count). The summed E-state index contributed by atoms with van der Waals surface area (Å²) in [6.45, 7) is 14.4. The van der Waals surface area contributed by atoms with Crippen LogP contribution in [-0.2, 0) is 23.9 Å². The second-order valence-electron chi connectivity index (χ2n) is 21.8. The van der Waals surface area contributed by atoms with Gasteiger partial charge in [-0.15, -0.1) is 0 Å². The van der Waals surface area contributed by atoms with E-state index in [1.807, 2.05) is 21.3 Å². The number of anilines is 3. The third kappa shape index (κ3) is 11.9. The van der Waals surface area contributed by atoms with Crippen LogP contribution in [0.1, 0.15) is 77.9 Å². The predicted octanol–water partition coefficient (Wildman–Crippen LogP) is 10.8. The van der Waals surface area contributed by atoms with Gasteiger partial charge in [0.1, 0.15) is 57.2 Å². The molecule has 0 aliphatic carbocycles.